The van der Waals surface area contributed by atoms with Gasteiger partial charge in [-0.15, -0.1) is 0 Å². The molecule has 0 radical (unpaired) electrons. The second-order valence-electron chi connectivity index (χ2n) is 8.03. The lowest BCUT2D eigenvalue weighted by Crippen LogP contribution is -2.26. The van der Waals surface area contributed by atoms with E-state index in [0.717, 1.165) is 25.1 Å². The summed E-state index contributed by atoms with van der Waals surface area (Å²) in [6.45, 7) is 16.9. The standard InChI is InChI=1S/C26H40N2/c1-7-11-16-28(17-12-8-2)19-24-20(5)18-25(27-21(24)6)26-22(9-3)14-13-15-23(26)10-4/h13-15,18H,7-12,16-17,19H2,1-6H3. The molecule has 0 unspecified atom stereocenters. The fraction of sp³-hybridized carbons (Fsp3) is 0.577. The van der Waals surface area contributed by atoms with Crippen LogP contribution >= 0.6 is 0 Å². The molecule has 2 heteroatoms. The van der Waals surface area contributed by atoms with Gasteiger partial charge in [-0.3, -0.25) is 9.88 Å². The summed E-state index contributed by atoms with van der Waals surface area (Å²) >= 11 is 0. The van der Waals surface area contributed by atoms with Crippen molar-refractivity contribution in [1.29, 1.82) is 0 Å². The molecule has 0 bridgehead atoms. The number of hydrogen-bond donors (Lipinski definition) is 0. The summed E-state index contributed by atoms with van der Waals surface area (Å²) in [7, 11) is 0. The van der Waals surface area contributed by atoms with Crippen molar-refractivity contribution in [3.05, 3.63) is 52.2 Å². The number of nitrogens with zero attached hydrogens (tertiary/aromatic N) is 2. The van der Waals surface area contributed by atoms with Crippen LogP contribution in [-0.4, -0.2) is 23.0 Å². The Morgan fingerprint density at radius 2 is 1.43 bits per heavy atom. The number of rotatable bonds is 11. The summed E-state index contributed by atoms with van der Waals surface area (Å²) in [5, 5.41) is 0. The summed E-state index contributed by atoms with van der Waals surface area (Å²) in [5.41, 5.74) is 9.33. The molecule has 2 rings (SSSR count). The van der Waals surface area contributed by atoms with Crippen LogP contribution < -0.4 is 0 Å². The molecule has 0 saturated carbocycles. The largest absolute Gasteiger partial charge is 0.299 e. The minimum absolute atomic E-state index is 1.03. The summed E-state index contributed by atoms with van der Waals surface area (Å²) in [6, 6.07) is 9.03. The Bertz CT molecular complexity index is 695. The molecule has 0 fully saturated rings. The summed E-state index contributed by atoms with van der Waals surface area (Å²) in [5.74, 6) is 0. The van der Waals surface area contributed by atoms with Crippen molar-refractivity contribution in [2.24, 2.45) is 0 Å². The molecule has 0 atom stereocenters. The normalized spacial score (nSPS) is 11.4. The van der Waals surface area contributed by atoms with Gasteiger partial charge in [0.25, 0.3) is 0 Å². The zero-order chi connectivity index (χ0) is 20.5. The van der Waals surface area contributed by atoms with Gasteiger partial charge in [0, 0.05) is 17.8 Å². The van der Waals surface area contributed by atoms with Crippen LogP contribution in [0.3, 0.4) is 0 Å². The van der Waals surface area contributed by atoms with E-state index in [2.05, 4.69) is 70.7 Å². The lowest BCUT2D eigenvalue weighted by atomic mass is 9.93. The van der Waals surface area contributed by atoms with Crippen molar-refractivity contribution in [3.8, 4) is 11.3 Å². The van der Waals surface area contributed by atoms with Gasteiger partial charge in [-0.25, -0.2) is 0 Å². The summed E-state index contributed by atoms with van der Waals surface area (Å²) < 4.78 is 0. The zero-order valence-corrected chi connectivity index (χ0v) is 19.1. The Morgan fingerprint density at radius 1 is 0.857 bits per heavy atom. The van der Waals surface area contributed by atoms with E-state index in [1.165, 1.54) is 72.3 Å². The quantitative estimate of drug-likeness (QED) is 0.422. The van der Waals surface area contributed by atoms with Gasteiger partial charge in [0.1, 0.15) is 0 Å². The molecular formula is C26H40N2. The molecule has 2 aromatic rings. The van der Waals surface area contributed by atoms with Gasteiger partial charge in [0.2, 0.25) is 0 Å². The number of hydrogen-bond acceptors (Lipinski definition) is 2. The Balaban J connectivity index is 2.37. The Hall–Kier alpha value is -1.67. The van der Waals surface area contributed by atoms with Crippen LogP contribution in [0.5, 0.6) is 0 Å². The summed E-state index contributed by atoms with van der Waals surface area (Å²) in [4.78, 5) is 7.73. The van der Waals surface area contributed by atoms with Gasteiger partial charge < -0.3 is 0 Å². The highest BCUT2D eigenvalue weighted by atomic mass is 15.1. The van der Waals surface area contributed by atoms with E-state index in [1.54, 1.807) is 0 Å². The molecule has 1 heterocycles. The third kappa shape index (κ3) is 5.67. The van der Waals surface area contributed by atoms with Gasteiger partial charge in [0.05, 0.1) is 5.69 Å². The molecule has 0 aliphatic heterocycles. The molecule has 0 spiro atoms. The molecule has 2 nitrogen and oxygen atoms in total. The lowest BCUT2D eigenvalue weighted by molar-refractivity contribution is 0.256. The van der Waals surface area contributed by atoms with Gasteiger partial charge >= 0.3 is 0 Å². The van der Waals surface area contributed by atoms with Crippen LogP contribution in [0.15, 0.2) is 24.3 Å². The number of pyridine rings is 1. The van der Waals surface area contributed by atoms with Gasteiger partial charge in [-0.2, -0.15) is 0 Å². The van der Waals surface area contributed by atoms with Crippen molar-refractivity contribution in [3.63, 3.8) is 0 Å². The topological polar surface area (TPSA) is 16.1 Å². The van der Waals surface area contributed by atoms with Crippen LogP contribution in [0.25, 0.3) is 11.3 Å². The highest BCUT2D eigenvalue weighted by molar-refractivity contribution is 5.69. The first-order valence-electron chi connectivity index (χ1n) is 11.4. The van der Waals surface area contributed by atoms with E-state index in [4.69, 9.17) is 4.98 Å². The smallest absolute Gasteiger partial charge is 0.0713 e. The molecule has 0 amide bonds. The Morgan fingerprint density at radius 3 is 1.89 bits per heavy atom. The first kappa shape index (κ1) is 22.6. The molecule has 0 aliphatic carbocycles. The monoisotopic (exact) mass is 380 g/mol. The third-order valence-electron chi connectivity index (χ3n) is 5.85. The molecule has 1 aromatic heterocycles. The fourth-order valence-electron chi connectivity index (χ4n) is 4.05. The van der Waals surface area contributed by atoms with E-state index >= 15 is 0 Å². The molecule has 154 valence electrons. The van der Waals surface area contributed by atoms with E-state index in [9.17, 15) is 0 Å². The van der Waals surface area contributed by atoms with E-state index in [-0.39, 0.29) is 0 Å². The van der Waals surface area contributed by atoms with Crippen molar-refractivity contribution in [2.75, 3.05) is 13.1 Å². The van der Waals surface area contributed by atoms with Gasteiger partial charge in [-0.05, 0) is 80.9 Å². The molecule has 28 heavy (non-hydrogen) atoms. The van der Waals surface area contributed by atoms with Crippen LogP contribution in [0.2, 0.25) is 0 Å². The number of unbranched alkanes of at least 4 members (excludes halogenated alkanes) is 2. The van der Waals surface area contributed by atoms with E-state index in [1.807, 2.05) is 0 Å². The maximum absolute atomic E-state index is 5.11. The molecule has 1 aromatic carbocycles. The van der Waals surface area contributed by atoms with E-state index in [0.29, 0.717) is 0 Å². The van der Waals surface area contributed by atoms with Crippen molar-refractivity contribution in [2.45, 2.75) is 86.6 Å². The van der Waals surface area contributed by atoms with Crippen LogP contribution in [0, 0.1) is 13.8 Å². The van der Waals surface area contributed by atoms with Crippen LogP contribution in [-0.2, 0) is 19.4 Å². The predicted octanol–water partition coefficient (Wildman–Crippen LogP) is 6.89. The van der Waals surface area contributed by atoms with Crippen molar-refractivity contribution < 1.29 is 0 Å². The number of benzene rings is 1. The SMILES string of the molecule is CCCCN(CCCC)Cc1c(C)cc(-c2c(CC)cccc2CC)nc1C. The van der Waals surface area contributed by atoms with Crippen LogP contribution in [0.1, 0.15) is 81.3 Å². The predicted molar refractivity (Wildman–Crippen MR) is 123 cm³/mol. The average molecular weight is 381 g/mol. The lowest BCUT2D eigenvalue weighted by Gasteiger charge is -2.24. The Kier molecular flexibility index (Phi) is 9.18. The van der Waals surface area contributed by atoms with Crippen LogP contribution in [0.4, 0.5) is 0 Å². The number of aryl methyl sites for hydroxylation is 4. The third-order valence-corrected chi connectivity index (χ3v) is 5.85. The highest BCUT2D eigenvalue weighted by Crippen LogP contribution is 2.30. The zero-order valence-electron chi connectivity index (χ0n) is 19.1. The van der Waals surface area contributed by atoms with E-state index < -0.39 is 0 Å². The number of aromatic nitrogens is 1. The maximum atomic E-state index is 5.11. The second kappa shape index (κ2) is 11.4. The first-order chi connectivity index (χ1) is 13.5. The molecule has 0 aliphatic rings. The summed E-state index contributed by atoms with van der Waals surface area (Å²) in [6.07, 6.45) is 7.16. The Labute approximate surface area is 173 Å². The van der Waals surface area contributed by atoms with Crippen molar-refractivity contribution in [1.82, 2.24) is 9.88 Å². The minimum atomic E-state index is 1.03. The van der Waals surface area contributed by atoms with Gasteiger partial charge in [0.15, 0.2) is 0 Å². The molecule has 0 N–H and O–H groups in total. The first-order valence-corrected chi connectivity index (χ1v) is 11.4. The van der Waals surface area contributed by atoms with Crippen molar-refractivity contribution >= 4 is 0 Å². The maximum Gasteiger partial charge on any atom is 0.0713 e. The average Bonchev–Trinajstić information content (AvgIpc) is 2.71. The fourth-order valence-corrected chi connectivity index (χ4v) is 4.05. The molecular weight excluding hydrogens is 340 g/mol. The van der Waals surface area contributed by atoms with Gasteiger partial charge in [-0.1, -0.05) is 58.7 Å². The second-order valence-corrected chi connectivity index (χ2v) is 8.03. The molecule has 0 saturated heterocycles. The minimum Gasteiger partial charge on any atom is -0.299 e. The highest BCUT2D eigenvalue weighted by Gasteiger charge is 2.15.